The molecule has 4 aliphatic rings. The number of thiophene rings is 1. The minimum absolute atomic E-state index is 0.124. The molecule has 5 heteroatoms. The van der Waals surface area contributed by atoms with Gasteiger partial charge in [-0.3, -0.25) is 0 Å². The summed E-state index contributed by atoms with van der Waals surface area (Å²) in [5.74, 6) is 2.50. The van der Waals surface area contributed by atoms with Crippen molar-refractivity contribution in [2.45, 2.75) is 25.0 Å². The molecule has 7 aromatic rings. The van der Waals surface area contributed by atoms with Crippen LogP contribution in [-0.4, -0.2) is 17.0 Å². The van der Waals surface area contributed by atoms with Crippen molar-refractivity contribution in [3.8, 4) is 39.5 Å². The summed E-state index contributed by atoms with van der Waals surface area (Å²) in [4.78, 5) is 4.63. The lowest BCUT2D eigenvalue weighted by atomic mass is 9.84. The first-order valence-corrected chi connectivity index (χ1v) is 22.3. The first-order valence-electron chi connectivity index (χ1n) is 21.4. The highest BCUT2D eigenvalue weighted by atomic mass is 32.1. The smallest absolute Gasteiger partial charge is 0.137 e. The van der Waals surface area contributed by atoms with Gasteiger partial charge in [-0.1, -0.05) is 129 Å². The molecule has 0 radical (unpaired) electrons. The zero-order valence-corrected chi connectivity index (χ0v) is 35.6. The molecule has 0 amide bonds. The maximum absolute atomic E-state index is 6.98. The molecule has 3 heterocycles. The van der Waals surface area contributed by atoms with Gasteiger partial charge in [0.25, 0.3) is 0 Å². The van der Waals surface area contributed by atoms with Gasteiger partial charge in [-0.05, 0) is 107 Å². The summed E-state index contributed by atoms with van der Waals surface area (Å²) in [5.41, 5.74) is 10.9. The van der Waals surface area contributed by atoms with E-state index in [2.05, 4.69) is 200 Å². The van der Waals surface area contributed by atoms with Crippen molar-refractivity contribution in [3.63, 3.8) is 0 Å². The Kier molecular flexibility index (Phi) is 9.75. The van der Waals surface area contributed by atoms with E-state index >= 15 is 0 Å². The molecule has 63 heavy (non-hydrogen) atoms. The molecule has 0 fully saturated rings. The zero-order valence-electron chi connectivity index (χ0n) is 34.8. The van der Waals surface area contributed by atoms with Crippen LogP contribution in [0.3, 0.4) is 0 Å². The Morgan fingerprint density at radius 2 is 1.54 bits per heavy atom. The highest BCUT2D eigenvalue weighted by molar-refractivity contribution is 7.17. The fourth-order valence-corrected chi connectivity index (χ4v) is 10.6. The SMILES string of the molecule is C=CC=C(C=C)N(c1ccc2c(c1)Oc1ccc3c4c(ccc-2c14)OC1CC(N(C=CC=c2sc4ccccc4c2=C)C2C=CC=CC2)=CC=C31)c1ccccc1-c1ccccc1. The van der Waals surface area contributed by atoms with Gasteiger partial charge in [0.15, 0.2) is 0 Å². The van der Waals surface area contributed by atoms with Crippen molar-refractivity contribution in [3.05, 3.63) is 228 Å². The quantitative estimate of drug-likeness (QED) is 0.128. The number of fused-ring (bicyclic) bond motifs is 5. The van der Waals surface area contributed by atoms with Crippen LogP contribution >= 0.6 is 11.3 Å². The summed E-state index contributed by atoms with van der Waals surface area (Å²) in [6, 6.07) is 42.8. The number of rotatable bonds is 10. The molecular weight excluding hydrogens is 789 g/mol. The van der Waals surface area contributed by atoms with E-state index < -0.39 is 0 Å². The standard InChI is InChI=1S/C58H44N2O2S/c1-4-17-40(5-2)60(50-24-14-12-23-45(50)39-18-8-6-9-19-39)43-28-30-47-49-32-33-51-57-48(31-34-52(58(49)57)62-54(47)37-43)46-29-27-42(36-53(46)61-51)59(41-20-10-7-11-21-41)35-16-26-55-38(3)44-22-13-15-25-56(44)63-55/h4-20,22-35,37,41,53H,1-3,21,36H2. The summed E-state index contributed by atoms with van der Waals surface area (Å²) < 4.78 is 16.3. The average molecular weight is 833 g/mol. The maximum Gasteiger partial charge on any atom is 0.137 e. The van der Waals surface area contributed by atoms with Crippen LogP contribution in [0.5, 0.6) is 17.2 Å². The van der Waals surface area contributed by atoms with Crippen molar-refractivity contribution in [2.24, 2.45) is 0 Å². The topological polar surface area (TPSA) is 24.9 Å². The summed E-state index contributed by atoms with van der Waals surface area (Å²) in [7, 11) is 0. The number of nitrogens with zero attached hydrogens (tertiary/aromatic N) is 2. The normalized spacial score (nSPS) is 17.4. The molecule has 0 N–H and O–H groups in total. The number of hydrogen-bond acceptors (Lipinski definition) is 5. The molecule has 0 spiro atoms. The minimum atomic E-state index is -0.124. The lowest BCUT2D eigenvalue weighted by Crippen LogP contribution is -2.34. The van der Waals surface area contributed by atoms with Gasteiger partial charge < -0.3 is 19.3 Å². The summed E-state index contributed by atoms with van der Waals surface area (Å²) in [6.07, 6.45) is 27.2. The van der Waals surface area contributed by atoms with Crippen LogP contribution in [0.1, 0.15) is 18.4 Å². The molecule has 2 aliphatic heterocycles. The second kappa shape index (κ2) is 16.0. The Labute approximate surface area is 372 Å². The van der Waals surface area contributed by atoms with Gasteiger partial charge in [0.05, 0.1) is 11.7 Å². The predicted octanol–water partition coefficient (Wildman–Crippen LogP) is 13.9. The molecule has 6 aromatic carbocycles. The van der Waals surface area contributed by atoms with Crippen molar-refractivity contribution in [1.82, 2.24) is 4.90 Å². The van der Waals surface area contributed by atoms with Crippen molar-refractivity contribution < 1.29 is 9.47 Å². The number of para-hydroxylation sites is 1. The van der Waals surface area contributed by atoms with Gasteiger partial charge in [-0.2, -0.15) is 0 Å². The third-order valence-corrected chi connectivity index (χ3v) is 13.6. The van der Waals surface area contributed by atoms with Crippen LogP contribution in [0.15, 0.2) is 213 Å². The summed E-state index contributed by atoms with van der Waals surface area (Å²) >= 11 is 1.78. The van der Waals surface area contributed by atoms with E-state index in [0.717, 1.165) is 85.4 Å². The van der Waals surface area contributed by atoms with Crippen molar-refractivity contribution >= 4 is 61.8 Å². The van der Waals surface area contributed by atoms with Crippen LogP contribution < -0.4 is 24.1 Å². The number of allylic oxidation sites excluding steroid dienone is 8. The van der Waals surface area contributed by atoms with Crippen LogP contribution in [0, 0.1) is 0 Å². The number of ether oxygens (including phenoxy) is 2. The molecule has 2 aliphatic carbocycles. The number of benzene rings is 6. The monoisotopic (exact) mass is 832 g/mol. The molecule has 0 bridgehead atoms. The summed E-state index contributed by atoms with van der Waals surface area (Å²) in [6.45, 7) is 12.6. The van der Waals surface area contributed by atoms with E-state index in [9.17, 15) is 0 Å². The van der Waals surface area contributed by atoms with E-state index in [1.54, 1.807) is 17.4 Å². The van der Waals surface area contributed by atoms with E-state index in [-0.39, 0.29) is 12.1 Å². The number of hydrogen-bond donors (Lipinski definition) is 0. The maximum atomic E-state index is 6.98. The van der Waals surface area contributed by atoms with E-state index in [0.29, 0.717) is 0 Å². The van der Waals surface area contributed by atoms with Crippen molar-refractivity contribution in [1.29, 1.82) is 0 Å². The highest BCUT2D eigenvalue weighted by Gasteiger charge is 2.34. The van der Waals surface area contributed by atoms with Crippen molar-refractivity contribution in [2.75, 3.05) is 4.90 Å². The van der Waals surface area contributed by atoms with Crippen LogP contribution in [0.2, 0.25) is 0 Å². The molecule has 2 unspecified atom stereocenters. The molecule has 1 aromatic heterocycles. The fourth-order valence-electron chi connectivity index (χ4n) is 9.51. The van der Waals surface area contributed by atoms with Gasteiger partial charge in [0, 0.05) is 72.5 Å². The van der Waals surface area contributed by atoms with E-state index in [1.807, 2.05) is 18.2 Å². The lowest BCUT2D eigenvalue weighted by molar-refractivity contribution is 0.238. The van der Waals surface area contributed by atoms with E-state index in [1.165, 1.54) is 31.5 Å². The molecule has 0 saturated carbocycles. The lowest BCUT2D eigenvalue weighted by Gasteiger charge is -2.38. The largest absolute Gasteiger partial charge is 0.485 e. The average Bonchev–Trinajstić information content (AvgIpc) is 3.66. The van der Waals surface area contributed by atoms with Gasteiger partial charge in [0.2, 0.25) is 0 Å². The van der Waals surface area contributed by atoms with Gasteiger partial charge in [-0.15, -0.1) is 11.3 Å². The molecule has 4 nitrogen and oxygen atoms in total. The van der Waals surface area contributed by atoms with Crippen LogP contribution in [0.25, 0.3) is 61.3 Å². The first-order chi connectivity index (χ1) is 31.1. The molecule has 0 saturated heterocycles. The molecule has 11 rings (SSSR count). The van der Waals surface area contributed by atoms with Gasteiger partial charge in [-0.25, -0.2) is 0 Å². The highest BCUT2D eigenvalue weighted by Crippen LogP contribution is 2.54. The zero-order chi connectivity index (χ0) is 42.4. The molecular formula is C58H44N2O2S. The molecule has 2 atom stereocenters. The third kappa shape index (κ3) is 6.69. The van der Waals surface area contributed by atoms with Crippen LogP contribution in [0.4, 0.5) is 11.4 Å². The Morgan fingerprint density at radius 1 is 0.746 bits per heavy atom. The van der Waals surface area contributed by atoms with Gasteiger partial charge >= 0.3 is 0 Å². The summed E-state index contributed by atoms with van der Waals surface area (Å²) in [5, 5.41) is 4.47. The van der Waals surface area contributed by atoms with Gasteiger partial charge in [0.1, 0.15) is 23.4 Å². The Hall–Kier alpha value is -7.60. The van der Waals surface area contributed by atoms with E-state index in [4.69, 9.17) is 9.47 Å². The number of anilines is 2. The predicted molar refractivity (Wildman–Crippen MR) is 266 cm³/mol. The van der Waals surface area contributed by atoms with Crippen LogP contribution in [-0.2, 0) is 0 Å². The third-order valence-electron chi connectivity index (χ3n) is 12.5. The Balaban J connectivity index is 0.956. The second-order valence-corrected chi connectivity index (χ2v) is 17.2. The minimum Gasteiger partial charge on any atom is -0.485 e. The fraction of sp³-hybridized carbons (Fsp3) is 0.0690. The Bertz CT molecular complexity index is 3330. The second-order valence-electron chi connectivity index (χ2n) is 16.1. The molecule has 304 valence electrons. The Morgan fingerprint density at radius 3 is 2.38 bits per heavy atom. The first kappa shape index (κ1) is 38.3.